The molecule has 166 valence electrons. The highest BCUT2D eigenvalue weighted by Crippen LogP contribution is 2.35. The van der Waals surface area contributed by atoms with Gasteiger partial charge >= 0.3 is 0 Å². The molecule has 1 N–H and O–H groups in total. The van der Waals surface area contributed by atoms with E-state index in [1.165, 1.54) is 40.9 Å². The molecule has 1 aromatic heterocycles. The lowest BCUT2D eigenvalue weighted by Gasteiger charge is -2.39. The molecule has 4 nitrogen and oxygen atoms in total. The van der Waals surface area contributed by atoms with E-state index in [9.17, 15) is 4.39 Å². The number of aromatic nitrogens is 1. The number of likely N-dealkylation sites (N-methyl/N-ethyl adjacent to an activating group) is 1. The molecule has 31 heavy (non-hydrogen) atoms. The van der Waals surface area contributed by atoms with Crippen LogP contribution in [0.15, 0.2) is 36.5 Å². The Hall–Kier alpha value is -1.98. The van der Waals surface area contributed by atoms with E-state index in [1.807, 2.05) is 6.20 Å². The van der Waals surface area contributed by atoms with Gasteiger partial charge in [0.05, 0.1) is 11.7 Å². The third-order valence-corrected chi connectivity index (χ3v) is 7.63. The van der Waals surface area contributed by atoms with E-state index in [0.717, 1.165) is 39.0 Å². The zero-order chi connectivity index (χ0) is 21.4. The molecule has 3 heterocycles. The minimum absolute atomic E-state index is 0.410. The molecule has 0 saturated carbocycles. The monoisotopic (exact) mass is 422 g/mol. The molecular formula is C26H35FN4. The Morgan fingerprint density at radius 2 is 2.00 bits per heavy atom. The van der Waals surface area contributed by atoms with Crippen LogP contribution in [0.2, 0.25) is 0 Å². The zero-order valence-corrected chi connectivity index (χ0v) is 18.9. The molecule has 0 bridgehead atoms. The molecule has 5 heteroatoms. The normalized spacial score (nSPS) is 25.2. The number of fused-ring (bicyclic) bond motifs is 2. The van der Waals surface area contributed by atoms with Gasteiger partial charge in [0.2, 0.25) is 0 Å². The highest BCUT2D eigenvalue weighted by Gasteiger charge is 2.32. The molecule has 0 spiro atoms. The summed E-state index contributed by atoms with van der Waals surface area (Å²) in [4.78, 5) is 9.65. The molecule has 2 atom stereocenters. The van der Waals surface area contributed by atoms with Gasteiger partial charge in [-0.3, -0.25) is 9.88 Å². The number of benzene rings is 1. The number of alkyl halides is 1. The lowest BCUT2D eigenvalue weighted by atomic mass is 9.89. The van der Waals surface area contributed by atoms with Gasteiger partial charge in [-0.25, -0.2) is 4.39 Å². The summed E-state index contributed by atoms with van der Waals surface area (Å²) in [5.41, 5.74) is 5.86. The summed E-state index contributed by atoms with van der Waals surface area (Å²) in [5, 5.41) is 3.77. The van der Waals surface area contributed by atoms with Crippen molar-refractivity contribution >= 4 is 5.69 Å². The van der Waals surface area contributed by atoms with Crippen LogP contribution in [0.4, 0.5) is 10.1 Å². The molecule has 2 aliphatic heterocycles. The molecule has 0 amide bonds. The van der Waals surface area contributed by atoms with Gasteiger partial charge in [0, 0.05) is 44.1 Å². The topological polar surface area (TPSA) is 31.4 Å². The molecule has 2 aromatic rings. The van der Waals surface area contributed by atoms with E-state index in [-0.39, 0.29) is 0 Å². The number of aryl methyl sites for hydroxylation is 1. The number of rotatable bonds is 4. The number of piperidine rings is 1. The van der Waals surface area contributed by atoms with Gasteiger partial charge in [0.15, 0.2) is 0 Å². The first-order valence-electron chi connectivity index (χ1n) is 11.9. The van der Waals surface area contributed by atoms with Crippen molar-refractivity contribution in [2.24, 2.45) is 0 Å². The van der Waals surface area contributed by atoms with Crippen LogP contribution in [0, 0.1) is 0 Å². The van der Waals surface area contributed by atoms with Crippen LogP contribution < -0.4 is 10.2 Å². The van der Waals surface area contributed by atoms with Crippen LogP contribution in [-0.4, -0.2) is 48.3 Å². The average Bonchev–Trinajstić information content (AvgIpc) is 2.78. The molecule has 1 fully saturated rings. The summed E-state index contributed by atoms with van der Waals surface area (Å²) >= 11 is 0. The van der Waals surface area contributed by atoms with Crippen molar-refractivity contribution in [3.8, 4) is 0 Å². The van der Waals surface area contributed by atoms with E-state index in [0.29, 0.717) is 24.9 Å². The van der Waals surface area contributed by atoms with Crippen molar-refractivity contribution in [2.75, 3.05) is 31.6 Å². The maximum absolute atomic E-state index is 14.3. The van der Waals surface area contributed by atoms with Gasteiger partial charge < -0.3 is 10.2 Å². The lowest BCUT2D eigenvalue weighted by Crippen LogP contribution is -2.46. The summed E-state index contributed by atoms with van der Waals surface area (Å²) in [5.74, 6) is 0. The number of nitrogens with one attached hydrogen (secondary N) is 1. The second-order valence-corrected chi connectivity index (χ2v) is 9.99. The van der Waals surface area contributed by atoms with Crippen LogP contribution in [0.5, 0.6) is 0 Å². The van der Waals surface area contributed by atoms with Crippen molar-refractivity contribution in [3.05, 3.63) is 58.9 Å². The summed E-state index contributed by atoms with van der Waals surface area (Å²) < 4.78 is 14.3. The standard InChI is InChI=1S/C26H35FN4/c1-26(27)11-14-31(15-12-26)23-9-4-7-20-17-29-21(16-22(20)23)18-30(2)24-10-3-6-19-8-5-13-28-25(19)24/h4-5,7-9,13,21,24,29H,3,6,10-12,14-18H2,1-2H3/t21-,24-/m0/s1. The molecular weight excluding hydrogens is 387 g/mol. The highest BCUT2D eigenvalue weighted by atomic mass is 19.1. The summed E-state index contributed by atoms with van der Waals surface area (Å²) in [7, 11) is 2.25. The minimum Gasteiger partial charge on any atom is -0.371 e. The molecule has 1 aromatic carbocycles. The first-order chi connectivity index (χ1) is 15.0. The Labute approximate surface area is 185 Å². The number of pyridine rings is 1. The van der Waals surface area contributed by atoms with Crippen molar-refractivity contribution in [2.45, 2.75) is 69.7 Å². The third kappa shape index (κ3) is 4.35. The van der Waals surface area contributed by atoms with E-state index in [2.05, 4.69) is 52.5 Å². The zero-order valence-electron chi connectivity index (χ0n) is 18.9. The van der Waals surface area contributed by atoms with Crippen molar-refractivity contribution in [1.82, 2.24) is 15.2 Å². The number of hydrogen-bond donors (Lipinski definition) is 1. The van der Waals surface area contributed by atoms with E-state index in [1.54, 1.807) is 6.92 Å². The lowest BCUT2D eigenvalue weighted by molar-refractivity contribution is 0.149. The Bertz CT molecular complexity index is 917. The molecule has 1 saturated heterocycles. The number of anilines is 1. The maximum atomic E-state index is 14.3. The van der Waals surface area contributed by atoms with Crippen molar-refractivity contribution in [1.29, 1.82) is 0 Å². The first kappa shape index (κ1) is 20.9. The smallest absolute Gasteiger partial charge is 0.111 e. The SMILES string of the molecule is CN(C[C@@H]1Cc2c(cccc2N2CCC(C)(F)CC2)CN1)[C@H]1CCCc2cccnc21. The first-order valence-corrected chi connectivity index (χ1v) is 11.9. The van der Waals surface area contributed by atoms with E-state index in [4.69, 9.17) is 4.98 Å². The number of hydrogen-bond acceptors (Lipinski definition) is 4. The summed E-state index contributed by atoms with van der Waals surface area (Å²) in [6, 6.07) is 11.8. The average molecular weight is 423 g/mol. The fourth-order valence-electron chi connectivity index (χ4n) is 5.72. The Morgan fingerprint density at radius 3 is 2.84 bits per heavy atom. The van der Waals surface area contributed by atoms with Crippen LogP contribution in [0.3, 0.4) is 0 Å². The number of nitrogens with zero attached hydrogens (tertiary/aromatic N) is 3. The fourth-order valence-corrected chi connectivity index (χ4v) is 5.72. The molecule has 5 rings (SSSR count). The highest BCUT2D eigenvalue weighted by molar-refractivity contribution is 5.58. The molecule has 1 aliphatic carbocycles. The van der Waals surface area contributed by atoms with Gasteiger partial charge in [-0.1, -0.05) is 18.2 Å². The Morgan fingerprint density at radius 1 is 1.19 bits per heavy atom. The van der Waals surface area contributed by atoms with Crippen LogP contribution in [0.25, 0.3) is 0 Å². The predicted molar refractivity (Wildman–Crippen MR) is 124 cm³/mol. The molecule has 3 aliphatic rings. The second-order valence-electron chi connectivity index (χ2n) is 9.99. The largest absolute Gasteiger partial charge is 0.371 e. The van der Waals surface area contributed by atoms with Gasteiger partial charge in [0.25, 0.3) is 0 Å². The Kier molecular flexibility index (Phi) is 5.74. The van der Waals surface area contributed by atoms with Gasteiger partial charge in [0.1, 0.15) is 5.67 Å². The van der Waals surface area contributed by atoms with E-state index >= 15 is 0 Å². The molecule has 0 radical (unpaired) electrons. The van der Waals surface area contributed by atoms with Crippen LogP contribution in [-0.2, 0) is 19.4 Å². The third-order valence-electron chi connectivity index (χ3n) is 7.63. The van der Waals surface area contributed by atoms with Gasteiger partial charge in [-0.2, -0.15) is 0 Å². The second kappa shape index (κ2) is 8.51. The van der Waals surface area contributed by atoms with Crippen LogP contribution in [0.1, 0.15) is 61.0 Å². The summed E-state index contributed by atoms with van der Waals surface area (Å²) in [6.45, 7) is 5.30. The molecule has 0 unspecified atom stereocenters. The van der Waals surface area contributed by atoms with Crippen molar-refractivity contribution < 1.29 is 4.39 Å². The minimum atomic E-state index is -1.01. The summed E-state index contributed by atoms with van der Waals surface area (Å²) in [6.07, 6.45) is 7.78. The van der Waals surface area contributed by atoms with Crippen molar-refractivity contribution in [3.63, 3.8) is 0 Å². The quantitative estimate of drug-likeness (QED) is 0.790. The fraction of sp³-hybridized carbons (Fsp3) is 0.577. The predicted octanol–water partition coefficient (Wildman–Crippen LogP) is 4.43. The maximum Gasteiger partial charge on any atom is 0.111 e. The number of halogens is 1. The van der Waals surface area contributed by atoms with Crippen LogP contribution >= 0.6 is 0 Å². The van der Waals surface area contributed by atoms with Gasteiger partial charge in [-0.15, -0.1) is 0 Å². The Balaban J connectivity index is 1.30. The van der Waals surface area contributed by atoms with Gasteiger partial charge in [-0.05, 0) is 81.3 Å². The van der Waals surface area contributed by atoms with E-state index < -0.39 is 5.67 Å².